The van der Waals surface area contributed by atoms with Crippen molar-refractivity contribution in [2.45, 2.75) is 39.2 Å². The Hall–Kier alpha value is -2.48. The van der Waals surface area contributed by atoms with E-state index in [0.717, 1.165) is 17.1 Å². The average Bonchev–Trinajstić information content (AvgIpc) is 3.18. The van der Waals surface area contributed by atoms with E-state index in [2.05, 4.69) is 15.4 Å². The van der Waals surface area contributed by atoms with Crippen LogP contribution >= 0.6 is 11.3 Å². The van der Waals surface area contributed by atoms with Gasteiger partial charge in [0.25, 0.3) is 5.91 Å². The molecule has 0 aromatic carbocycles. The molecule has 0 spiro atoms. The lowest BCUT2D eigenvalue weighted by Gasteiger charge is -2.13. The van der Waals surface area contributed by atoms with Crippen LogP contribution in [0.1, 0.15) is 63.7 Å². The number of carbonyl (C=O) groups excluding carboxylic acids is 2. The lowest BCUT2D eigenvalue weighted by atomic mass is 9.93. The highest BCUT2D eigenvalue weighted by Crippen LogP contribution is 2.30. The van der Waals surface area contributed by atoms with Crippen LogP contribution in [0.2, 0.25) is 0 Å². The molecular formula is C16H16N4O3S. The Balaban J connectivity index is 1.61. The molecule has 4 rings (SSSR count). The molecule has 1 amide bonds. The molecule has 0 radical (unpaired) electrons. The van der Waals surface area contributed by atoms with E-state index in [1.54, 1.807) is 23.1 Å². The van der Waals surface area contributed by atoms with Crippen LogP contribution in [0.25, 0.3) is 4.96 Å². The van der Waals surface area contributed by atoms with E-state index < -0.39 is 0 Å². The molecule has 8 heteroatoms. The number of rotatable bonds is 3. The molecule has 0 saturated carbocycles. The maximum atomic E-state index is 12.7. The van der Waals surface area contributed by atoms with Crippen LogP contribution in [0.3, 0.4) is 0 Å². The number of nitrogens with one attached hydrogen (secondary N) is 1. The zero-order chi connectivity index (χ0) is 16.8. The van der Waals surface area contributed by atoms with Crippen LogP contribution in [0.5, 0.6) is 0 Å². The Labute approximate surface area is 141 Å². The van der Waals surface area contributed by atoms with Crippen molar-refractivity contribution in [2.24, 2.45) is 0 Å². The molecule has 1 N–H and O–H groups in total. The van der Waals surface area contributed by atoms with Gasteiger partial charge in [0.2, 0.25) is 4.96 Å². The minimum atomic E-state index is -0.301. The first kappa shape index (κ1) is 15.1. The average molecular weight is 344 g/mol. The Bertz CT molecular complexity index is 923. The summed E-state index contributed by atoms with van der Waals surface area (Å²) in [6.45, 7) is 3.58. The van der Waals surface area contributed by atoms with Gasteiger partial charge in [-0.1, -0.05) is 11.3 Å². The summed E-state index contributed by atoms with van der Waals surface area (Å²) in [4.78, 5) is 30.1. The van der Waals surface area contributed by atoms with Gasteiger partial charge in [-0.15, -0.1) is 0 Å². The van der Waals surface area contributed by atoms with Gasteiger partial charge in [-0.2, -0.15) is 5.10 Å². The van der Waals surface area contributed by atoms with Crippen LogP contribution in [0.4, 0.5) is 0 Å². The largest absolute Gasteiger partial charge is 0.465 e. The van der Waals surface area contributed by atoms with Gasteiger partial charge < -0.3 is 9.73 Å². The number of aromatic nitrogens is 3. The van der Waals surface area contributed by atoms with Crippen molar-refractivity contribution in [3.8, 4) is 0 Å². The standard InChI is InChI=1S/C16H16N4O3S/c1-8(10-6-20-16(19-10)24-7-17-20)18-15(22)13-9(2)23-12-5-3-4-11(21)14(12)13/h6-8H,3-5H2,1-2H3,(H,18,22)/t8-/m1/s1. The van der Waals surface area contributed by atoms with E-state index in [9.17, 15) is 9.59 Å². The molecule has 124 valence electrons. The Morgan fingerprint density at radius 3 is 3.08 bits per heavy atom. The third-order valence-corrected chi connectivity index (χ3v) is 4.96. The highest BCUT2D eigenvalue weighted by Gasteiger charge is 2.31. The summed E-state index contributed by atoms with van der Waals surface area (Å²) in [5.74, 6) is 0.808. The van der Waals surface area contributed by atoms with E-state index >= 15 is 0 Å². The highest BCUT2D eigenvalue weighted by molar-refractivity contribution is 7.14. The Kier molecular flexibility index (Phi) is 3.49. The summed E-state index contributed by atoms with van der Waals surface area (Å²) < 4.78 is 7.32. The van der Waals surface area contributed by atoms with Crippen LogP contribution in [-0.2, 0) is 6.42 Å². The summed E-state index contributed by atoms with van der Waals surface area (Å²) >= 11 is 1.43. The van der Waals surface area contributed by atoms with Crippen LogP contribution < -0.4 is 5.32 Å². The molecule has 0 fully saturated rings. The normalized spacial score (nSPS) is 15.5. The van der Waals surface area contributed by atoms with Gasteiger partial charge in [-0.25, -0.2) is 9.50 Å². The number of fused-ring (bicyclic) bond motifs is 2. The first-order valence-corrected chi connectivity index (χ1v) is 8.67. The third-order valence-electron chi connectivity index (χ3n) is 4.27. The van der Waals surface area contributed by atoms with Crippen molar-refractivity contribution >= 4 is 28.0 Å². The van der Waals surface area contributed by atoms with Gasteiger partial charge in [0.05, 0.1) is 29.1 Å². The molecule has 0 bridgehead atoms. The van der Waals surface area contributed by atoms with Crippen molar-refractivity contribution in [3.05, 3.63) is 40.0 Å². The van der Waals surface area contributed by atoms with Gasteiger partial charge >= 0.3 is 0 Å². The van der Waals surface area contributed by atoms with E-state index in [-0.39, 0.29) is 17.7 Å². The first-order valence-electron chi connectivity index (χ1n) is 7.79. The number of aryl methyl sites for hydroxylation is 2. The fourth-order valence-electron chi connectivity index (χ4n) is 3.09. The Morgan fingerprint density at radius 1 is 1.46 bits per heavy atom. The number of nitrogens with zero attached hydrogens (tertiary/aromatic N) is 3. The van der Waals surface area contributed by atoms with Crippen LogP contribution in [-0.4, -0.2) is 26.3 Å². The minimum Gasteiger partial charge on any atom is -0.465 e. The summed E-state index contributed by atoms with van der Waals surface area (Å²) in [7, 11) is 0. The van der Waals surface area contributed by atoms with E-state index in [1.807, 2.05) is 6.92 Å². The summed E-state index contributed by atoms with van der Waals surface area (Å²) in [5, 5.41) is 7.04. The van der Waals surface area contributed by atoms with Crippen molar-refractivity contribution < 1.29 is 14.0 Å². The minimum absolute atomic E-state index is 0.0161. The van der Waals surface area contributed by atoms with E-state index in [0.29, 0.717) is 35.5 Å². The molecule has 3 aromatic heterocycles. The second-order valence-corrected chi connectivity index (χ2v) is 6.75. The predicted molar refractivity (Wildman–Crippen MR) is 87.5 cm³/mol. The zero-order valence-corrected chi connectivity index (χ0v) is 14.1. The van der Waals surface area contributed by atoms with Gasteiger partial charge in [-0.05, 0) is 20.3 Å². The van der Waals surface area contributed by atoms with Gasteiger partial charge in [0, 0.05) is 12.8 Å². The lowest BCUT2D eigenvalue weighted by Crippen LogP contribution is -2.29. The van der Waals surface area contributed by atoms with Crippen molar-refractivity contribution in [1.29, 1.82) is 0 Å². The third kappa shape index (κ3) is 2.34. The SMILES string of the molecule is Cc1oc2c(c1C(=O)N[C@H](C)c1cn3ncsc3n1)C(=O)CCC2. The van der Waals surface area contributed by atoms with E-state index in [1.165, 1.54) is 11.3 Å². The molecule has 0 aliphatic heterocycles. The second kappa shape index (κ2) is 5.55. The molecule has 1 aliphatic rings. The molecule has 3 aromatic rings. The number of hydrogen-bond acceptors (Lipinski definition) is 6. The first-order chi connectivity index (χ1) is 11.5. The summed E-state index contributed by atoms with van der Waals surface area (Å²) in [5.41, 5.74) is 3.25. The molecular weight excluding hydrogens is 328 g/mol. The molecule has 1 atom stereocenters. The zero-order valence-electron chi connectivity index (χ0n) is 13.3. The number of carbonyl (C=O) groups is 2. The number of Topliss-reactive ketones (excluding diaryl/α,β-unsaturated/α-hetero) is 1. The number of ketones is 1. The van der Waals surface area contributed by atoms with E-state index in [4.69, 9.17) is 4.42 Å². The molecule has 24 heavy (non-hydrogen) atoms. The van der Waals surface area contributed by atoms with Crippen molar-refractivity contribution in [1.82, 2.24) is 19.9 Å². The summed E-state index contributed by atoms with van der Waals surface area (Å²) in [6, 6.07) is -0.296. The van der Waals surface area contributed by atoms with Crippen LogP contribution in [0, 0.1) is 6.92 Å². The molecule has 0 saturated heterocycles. The Morgan fingerprint density at radius 2 is 2.29 bits per heavy atom. The van der Waals surface area contributed by atoms with Gasteiger partial charge in [0.1, 0.15) is 17.0 Å². The predicted octanol–water partition coefficient (Wildman–Crippen LogP) is 2.70. The monoisotopic (exact) mass is 344 g/mol. The highest BCUT2D eigenvalue weighted by atomic mass is 32.1. The fraction of sp³-hybridized carbons (Fsp3) is 0.375. The second-order valence-electron chi connectivity index (χ2n) is 5.93. The van der Waals surface area contributed by atoms with Crippen LogP contribution in [0.15, 0.2) is 16.1 Å². The van der Waals surface area contributed by atoms with Gasteiger partial charge in [0.15, 0.2) is 5.78 Å². The molecule has 1 aliphatic carbocycles. The van der Waals surface area contributed by atoms with Gasteiger partial charge in [-0.3, -0.25) is 9.59 Å². The molecule has 7 nitrogen and oxygen atoms in total. The lowest BCUT2D eigenvalue weighted by molar-refractivity contribution is 0.0917. The maximum absolute atomic E-state index is 12.7. The van der Waals surface area contributed by atoms with Crippen molar-refractivity contribution in [2.75, 3.05) is 0 Å². The summed E-state index contributed by atoms with van der Waals surface area (Å²) in [6.07, 6.45) is 3.73. The number of furan rings is 1. The number of amides is 1. The number of imidazole rings is 1. The number of hydrogen-bond donors (Lipinski definition) is 1. The topological polar surface area (TPSA) is 89.5 Å². The smallest absolute Gasteiger partial charge is 0.256 e. The maximum Gasteiger partial charge on any atom is 0.256 e. The molecule has 0 unspecified atom stereocenters. The fourth-order valence-corrected chi connectivity index (χ4v) is 3.70. The quantitative estimate of drug-likeness (QED) is 0.789. The van der Waals surface area contributed by atoms with Crippen molar-refractivity contribution in [3.63, 3.8) is 0 Å². The molecule has 3 heterocycles.